The van der Waals surface area contributed by atoms with E-state index in [2.05, 4.69) is 25.8 Å². The van der Waals surface area contributed by atoms with E-state index in [1.807, 2.05) is 0 Å². The maximum atomic E-state index is 13.3. The number of amides is 1. The molecule has 11 nitrogen and oxygen atoms in total. The summed E-state index contributed by atoms with van der Waals surface area (Å²) in [5.74, 6) is -0.797. The Balaban J connectivity index is 1.45. The standard InChI is InChI=1S/C23H21F2N7O4S/c24-23(25)36-19-5-4-15(37(34,35)14-2-3-14)8-16(19)20-18(12-32(30-20)13-9-26-10-13)29-22(33)17-11-28-31-7-1-6-27-21(17)31/h1,4-8,11-14,23,26H,2-3,9-10H2,(H,29,33). The smallest absolute Gasteiger partial charge is 0.387 e. The Morgan fingerprint density at radius 2 is 2.05 bits per heavy atom. The molecule has 0 unspecified atom stereocenters. The van der Waals surface area contributed by atoms with Gasteiger partial charge in [0.25, 0.3) is 5.91 Å². The zero-order chi connectivity index (χ0) is 25.7. The number of anilines is 1. The molecule has 2 N–H and O–H groups in total. The molecule has 0 bridgehead atoms. The Morgan fingerprint density at radius 1 is 1.24 bits per heavy atom. The molecule has 1 saturated heterocycles. The highest BCUT2D eigenvalue weighted by Gasteiger charge is 2.37. The molecule has 1 saturated carbocycles. The minimum atomic E-state index is -3.63. The van der Waals surface area contributed by atoms with E-state index in [-0.39, 0.29) is 39.2 Å². The number of hydrogen-bond donors (Lipinski definition) is 2. The SMILES string of the molecule is O=C(Nc1cn(C2CNC2)nc1-c1cc(S(=O)(=O)C2CC2)ccc1OC(F)F)c1cnn2cccnc12. The van der Waals surface area contributed by atoms with E-state index >= 15 is 0 Å². The maximum absolute atomic E-state index is 13.3. The molecule has 3 aromatic heterocycles. The molecule has 0 spiro atoms. The van der Waals surface area contributed by atoms with E-state index in [4.69, 9.17) is 4.74 Å². The van der Waals surface area contributed by atoms with Crippen LogP contribution in [0.3, 0.4) is 0 Å². The van der Waals surface area contributed by atoms with Crippen molar-refractivity contribution < 1.29 is 26.7 Å². The highest BCUT2D eigenvalue weighted by atomic mass is 32.2. The summed E-state index contributed by atoms with van der Waals surface area (Å²) in [4.78, 5) is 17.4. The second kappa shape index (κ2) is 8.88. The van der Waals surface area contributed by atoms with Crippen molar-refractivity contribution in [1.82, 2.24) is 29.7 Å². The number of hydrogen-bond acceptors (Lipinski definition) is 8. The van der Waals surface area contributed by atoms with Crippen molar-refractivity contribution in [2.45, 2.75) is 35.6 Å². The topological polar surface area (TPSA) is 133 Å². The first-order chi connectivity index (χ1) is 17.8. The van der Waals surface area contributed by atoms with Crippen LogP contribution in [-0.4, -0.2) is 63.7 Å². The number of nitrogens with zero attached hydrogens (tertiary/aromatic N) is 5. The van der Waals surface area contributed by atoms with E-state index < -0.39 is 27.6 Å². The van der Waals surface area contributed by atoms with Crippen molar-refractivity contribution in [3.05, 3.63) is 54.6 Å². The summed E-state index contributed by atoms with van der Waals surface area (Å²) in [6, 6.07) is 5.38. The van der Waals surface area contributed by atoms with E-state index in [1.165, 1.54) is 35.1 Å². The summed E-state index contributed by atoms with van der Waals surface area (Å²) in [5, 5.41) is 14.1. The van der Waals surface area contributed by atoms with Gasteiger partial charge in [-0.05, 0) is 37.1 Å². The van der Waals surface area contributed by atoms with Crippen LogP contribution in [0.5, 0.6) is 5.75 Å². The average Bonchev–Trinajstić information content (AvgIpc) is 3.50. The lowest BCUT2D eigenvalue weighted by molar-refractivity contribution is -0.0494. The van der Waals surface area contributed by atoms with Crippen LogP contribution in [0.15, 0.2) is 53.9 Å². The second-order valence-corrected chi connectivity index (χ2v) is 11.1. The van der Waals surface area contributed by atoms with Crippen molar-refractivity contribution in [2.24, 2.45) is 0 Å². The number of ether oxygens (including phenoxy) is 1. The van der Waals surface area contributed by atoms with Crippen LogP contribution >= 0.6 is 0 Å². The van der Waals surface area contributed by atoms with Crippen LogP contribution in [-0.2, 0) is 9.84 Å². The molecule has 2 fully saturated rings. The van der Waals surface area contributed by atoms with Crippen molar-refractivity contribution in [2.75, 3.05) is 18.4 Å². The fraction of sp³-hybridized carbons (Fsp3) is 0.304. The van der Waals surface area contributed by atoms with E-state index in [9.17, 15) is 22.0 Å². The number of fused-ring (bicyclic) bond motifs is 1. The monoisotopic (exact) mass is 529 g/mol. The quantitative estimate of drug-likeness (QED) is 0.356. The van der Waals surface area contributed by atoms with Crippen LogP contribution in [0.4, 0.5) is 14.5 Å². The number of alkyl halides is 2. The number of rotatable bonds is 8. The molecule has 4 aromatic rings. The molecule has 6 rings (SSSR count). The van der Waals surface area contributed by atoms with Crippen molar-refractivity contribution in [3.8, 4) is 17.0 Å². The number of benzene rings is 1. The minimum absolute atomic E-state index is 0.0180. The second-order valence-electron chi connectivity index (χ2n) is 8.86. The molecule has 2 aliphatic rings. The molecular formula is C23H21F2N7O4S. The third-order valence-electron chi connectivity index (χ3n) is 6.35. The molecule has 14 heteroatoms. The predicted octanol–water partition coefficient (Wildman–Crippen LogP) is 2.53. The molecule has 1 aliphatic heterocycles. The van der Waals surface area contributed by atoms with Gasteiger partial charge in [-0.25, -0.2) is 17.9 Å². The van der Waals surface area contributed by atoms with Crippen LogP contribution in [0.2, 0.25) is 0 Å². The molecular weight excluding hydrogens is 508 g/mol. The summed E-state index contributed by atoms with van der Waals surface area (Å²) in [6.45, 7) is -1.89. The lowest BCUT2D eigenvalue weighted by Gasteiger charge is -2.27. The molecule has 1 aliphatic carbocycles. The van der Waals surface area contributed by atoms with Crippen molar-refractivity contribution in [3.63, 3.8) is 0 Å². The third-order valence-corrected chi connectivity index (χ3v) is 8.61. The molecule has 1 amide bonds. The van der Waals surface area contributed by atoms with Gasteiger partial charge in [0.1, 0.15) is 17.0 Å². The predicted molar refractivity (Wildman–Crippen MR) is 127 cm³/mol. The summed E-state index contributed by atoms with van der Waals surface area (Å²) in [7, 11) is -3.63. The summed E-state index contributed by atoms with van der Waals surface area (Å²) >= 11 is 0. The van der Waals surface area contributed by atoms with Gasteiger partial charge in [0.15, 0.2) is 15.5 Å². The number of carbonyl (C=O) groups excluding carboxylic acids is 1. The highest BCUT2D eigenvalue weighted by Crippen LogP contribution is 2.40. The largest absolute Gasteiger partial charge is 0.434 e. The fourth-order valence-corrected chi connectivity index (χ4v) is 5.83. The van der Waals surface area contributed by atoms with Crippen LogP contribution in [0.25, 0.3) is 16.9 Å². The Labute approximate surface area is 209 Å². The average molecular weight is 530 g/mol. The number of sulfone groups is 1. The molecule has 1 aromatic carbocycles. The maximum Gasteiger partial charge on any atom is 0.387 e. The van der Waals surface area contributed by atoms with Crippen molar-refractivity contribution in [1.29, 1.82) is 0 Å². The normalized spacial score (nSPS) is 16.2. The van der Waals surface area contributed by atoms with Crippen LogP contribution in [0.1, 0.15) is 29.2 Å². The summed E-state index contributed by atoms with van der Waals surface area (Å²) in [5.41, 5.74) is 0.858. The Morgan fingerprint density at radius 3 is 2.76 bits per heavy atom. The molecule has 4 heterocycles. The molecule has 37 heavy (non-hydrogen) atoms. The molecule has 192 valence electrons. The lowest BCUT2D eigenvalue weighted by Crippen LogP contribution is -2.43. The first-order valence-electron chi connectivity index (χ1n) is 11.5. The lowest BCUT2D eigenvalue weighted by atomic mass is 10.1. The summed E-state index contributed by atoms with van der Waals surface area (Å²) in [6.07, 6.45) is 7.22. The van der Waals surface area contributed by atoms with Gasteiger partial charge >= 0.3 is 6.61 Å². The summed E-state index contributed by atoms with van der Waals surface area (Å²) < 4.78 is 60.1. The zero-order valence-corrected chi connectivity index (χ0v) is 20.0. The number of nitrogens with one attached hydrogen (secondary N) is 2. The van der Waals surface area contributed by atoms with Gasteiger partial charge in [0, 0.05) is 37.2 Å². The third kappa shape index (κ3) is 4.31. The van der Waals surface area contributed by atoms with Gasteiger partial charge in [0.05, 0.1) is 28.1 Å². The van der Waals surface area contributed by atoms with Gasteiger partial charge in [-0.2, -0.15) is 19.0 Å². The van der Waals surface area contributed by atoms with Crippen LogP contribution < -0.4 is 15.4 Å². The van der Waals surface area contributed by atoms with Gasteiger partial charge in [0.2, 0.25) is 0 Å². The van der Waals surface area contributed by atoms with Crippen molar-refractivity contribution >= 4 is 27.1 Å². The zero-order valence-electron chi connectivity index (χ0n) is 19.2. The van der Waals surface area contributed by atoms with Gasteiger partial charge in [-0.15, -0.1) is 0 Å². The Kier molecular flexibility index (Phi) is 5.64. The van der Waals surface area contributed by atoms with E-state index in [0.717, 1.165) is 0 Å². The van der Waals surface area contributed by atoms with Crippen LogP contribution in [0, 0.1) is 0 Å². The Hall–Kier alpha value is -3.91. The Bertz CT molecular complexity index is 1610. The van der Waals surface area contributed by atoms with Gasteiger partial charge in [-0.3, -0.25) is 9.48 Å². The first-order valence-corrected chi connectivity index (χ1v) is 13.1. The fourth-order valence-electron chi connectivity index (χ4n) is 4.15. The van der Waals surface area contributed by atoms with E-state index in [0.29, 0.717) is 31.6 Å². The molecule has 0 atom stereocenters. The number of aromatic nitrogens is 5. The molecule has 0 radical (unpaired) electrons. The highest BCUT2D eigenvalue weighted by molar-refractivity contribution is 7.92. The number of halogens is 2. The minimum Gasteiger partial charge on any atom is -0.434 e. The van der Waals surface area contributed by atoms with Gasteiger partial charge < -0.3 is 15.4 Å². The van der Waals surface area contributed by atoms with E-state index in [1.54, 1.807) is 23.1 Å². The van der Waals surface area contributed by atoms with Gasteiger partial charge in [-0.1, -0.05) is 0 Å². The first kappa shape index (κ1) is 23.5. The number of carbonyl (C=O) groups is 1.